The van der Waals surface area contributed by atoms with E-state index in [0.29, 0.717) is 26.1 Å². The fraction of sp³-hybridized carbons (Fsp3) is 0.750. The number of esters is 1. The van der Waals surface area contributed by atoms with Gasteiger partial charge < -0.3 is 20.5 Å². The van der Waals surface area contributed by atoms with Crippen molar-refractivity contribution in [1.29, 1.82) is 0 Å². The molecule has 0 fully saturated rings. The predicted octanol–water partition coefficient (Wildman–Crippen LogP) is 0.740. The number of carbonyl (C=O) groups is 3. The second-order valence-electron chi connectivity index (χ2n) is 4.25. The van der Waals surface area contributed by atoms with Crippen molar-refractivity contribution in [2.75, 3.05) is 19.7 Å². The first-order chi connectivity index (χ1) is 8.95. The van der Waals surface area contributed by atoms with Gasteiger partial charge in [0.15, 0.2) is 0 Å². The standard InChI is InChI=1S/C12H22N2O5/c1-3-19-11(17)7-9(2)8-14-12(18)13-6-4-5-10(15)16/h9H,3-8H2,1-2H3,(H,15,16)(H2,13,14,18). The van der Waals surface area contributed by atoms with E-state index in [1.54, 1.807) is 6.92 Å². The van der Waals surface area contributed by atoms with E-state index < -0.39 is 5.97 Å². The van der Waals surface area contributed by atoms with Crippen LogP contribution < -0.4 is 10.6 Å². The molecule has 0 aliphatic carbocycles. The van der Waals surface area contributed by atoms with Crippen molar-refractivity contribution < 1.29 is 24.2 Å². The van der Waals surface area contributed by atoms with Crippen LogP contribution in [-0.4, -0.2) is 42.8 Å². The average molecular weight is 274 g/mol. The maximum atomic E-state index is 11.3. The number of hydrogen-bond donors (Lipinski definition) is 3. The van der Waals surface area contributed by atoms with E-state index in [-0.39, 0.29) is 30.8 Å². The summed E-state index contributed by atoms with van der Waals surface area (Å²) in [6, 6.07) is -0.360. The Morgan fingerprint density at radius 3 is 2.53 bits per heavy atom. The Labute approximate surface area is 112 Å². The van der Waals surface area contributed by atoms with Gasteiger partial charge in [-0.3, -0.25) is 9.59 Å². The molecule has 0 aliphatic heterocycles. The highest BCUT2D eigenvalue weighted by molar-refractivity contribution is 5.74. The number of aliphatic carboxylic acids is 1. The molecule has 0 rings (SSSR count). The van der Waals surface area contributed by atoms with Gasteiger partial charge in [-0.2, -0.15) is 0 Å². The molecular formula is C12H22N2O5. The van der Waals surface area contributed by atoms with Crippen molar-refractivity contribution >= 4 is 18.0 Å². The number of hydrogen-bond acceptors (Lipinski definition) is 4. The number of carbonyl (C=O) groups excluding carboxylic acids is 2. The van der Waals surface area contributed by atoms with Gasteiger partial charge in [-0.05, 0) is 19.3 Å². The third-order valence-corrected chi connectivity index (χ3v) is 2.28. The molecule has 0 aromatic heterocycles. The number of rotatable bonds is 9. The molecule has 0 bridgehead atoms. The highest BCUT2D eigenvalue weighted by atomic mass is 16.5. The molecule has 0 aromatic rings. The van der Waals surface area contributed by atoms with E-state index in [9.17, 15) is 14.4 Å². The van der Waals surface area contributed by atoms with Gasteiger partial charge in [0.1, 0.15) is 0 Å². The lowest BCUT2D eigenvalue weighted by atomic mass is 10.1. The highest BCUT2D eigenvalue weighted by Crippen LogP contribution is 2.01. The van der Waals surface area contributed by atoms with Crippen LogP contribution in [-0.2, 0) is 14.3 Å². The predicted molar refractivity (Wildman–Crippen MR) is 68.7 cm³/mol. The number of nitrogens with one attached hydrogen (secondary N) is 2. The summed E-state index contributed by atoms with van der Waals surface area (Å²) in [4.78, 5) is 32.7. The molecular weight excluding hydrogens is 252 g/mol. The van der Waals surface area contributed by atoms with Gasteiger partial charge in [0.25, 0.3) is 0 Å². The number of urea groups is 1. The van der Waals surface area contributed by atoms with E-state index in [2.05, 4.69) is 10.6 Å². The van der Waals surface area contributed by atoms with E-state index in [0.717, 1.165) is 0 Å². The van der Waals surface area contributed by atoms with E-state index in [1.165, 1.54) is 0 Å². The largest absolute Gasteiger partial charge is 0.481 e. The van der Waals surface area contributed by atoms with E-state index in [1.807, 2.05) is 6.92 Å². The van der Waals surface area contributed by atoms with Crippen LogP contribution in [0.3, 0.4) is 0 Å². The molecule has 3 N–H and O–H groups in total. The van der Waals surface area contributed by atoms with Crippen LogP contribution in [0.2, 0.25) is 0 Å². The van der Waals surface area contributed by atoms with E-state index >= 15 is 0 Å². The quantitative estimate of drug-likeness (QED) is 0.425. The first-order valence-electron chi connectivity index (χ1n) is 6.34. The zero-order chi connectivity index (χ0) is 14.7. The SMILES string of the molecule is CCOC(=O)CC(C)CNC(=O)NCCCC(=O)O. The Hall–Kier alpha value is -1.79. The maximum Gasteiger partial charge on any atom is 0.314 e. The van der Waals surface area contributed by atoms with Gasteiger partial charge in [0.2, 0.25) is 0 Å². The number of carboxylic acid groups (broad SMARTS) is 1. The van der Waals surface area contributed by atoms with Crippen molar-refractivity contribution in [2.24, 2.45) is 5.92 Å². The lowest BCUT2D eigenvalue weighted by Crippen LogP contribution is -2.38. The third kappa shape index (κ3) is 11.1. The van der Waals surface area contributed by atoms with Gasteiger partial charge >= 0.3 is 18.0 Å². The summed E-state index contributed by atoms with van der Waals surface area (Å²) in [6.07, 6.45) is 0.674. The Balaban J connectivity index is 3.60. The molecule has 1 atom stereocenters. The molecule has 0 saturated carbocycles. The zero-order valence-electron chi connectivity index (χ0n) is 11.4. The van der Waals surface area contributed by atoms with Crippen molar-refractivity contribution in [2.45, 2.75) is 33.1 Å². The Kier molecular flexibility index (Phi) is 9.20. The minimum Gasteiger partial charge on any atom is -0.481 e. The second-order valence-corrected chi connectivity index (χ2v) is 4.25. The minimum absolute atomic E-state index is 0.0104. The average Bonchev–Trinajstić information content (AvgIpc) is 2.32. The van der Waals surface area contributed by atoms with Crippen LogP contribution in [0.5, 0.6) is 0 Å². The summed E-state index contributed by atoms with van der Waals surface area (Å²) in [7, 11) is 0. The molecule has 0 spiro atoms. The smallest absolute Gasteiger partial charge is 0.314 e. The van der Waals surface area contributed by atoms with Gasteiger partial charge in [-0.15, -0.1) is 0 Å². The van der Waals surface area contributed by atoms with Crippen LogP contribution in [0.4, 0.5) is 4.79 Å². The second kappa shape index (κ2) is 10.2. The Morgan fingerprint density at radius 2 is 1.95 bits per heavy atom. The minimum atomic E-state index is -0.884. The maximum absolute atomic E-state index is 11.3. The lowest BCUT2D eigenvalue weighted by molar-refractivity contribution is -0.144. The zero-order valence-corrected chi connectivity index (χ0v) is 11.4. The Morgan fingerprint density at radius 1 is 1.26 bits per heavy atom. The first-order valence-corrected chi connectivity index (χ1v) is 6.34. The molecule has 0 saturated heterocycles. The molecule has 0 radical (unpaired) electrons. The molecule has 19 heavy (non-hydrogen) atoms. The molecule has 1 unspecified atom stereocenters. The van der Waals surface area contributed by atoms with Crippen LogP contribution in [0.1, 0.15) is 33.1 Å². The normalized spacial score (nSPS) is 11.5. The van der Waals surface area contributed by atoms with Crippen LogP contribution in [0, 0.1) is 5.92 Å². The fourth-order valence-corrected chi connectivity index (χ4v) is 1.35. The number of carboxylic acids is 1. The summed E-state index contributed by atoms with van der Waals surface area (Å²) in [6.45, 7) is 4.60. The molecule has 0 aromatic carbocycles. The molecule has 7 heteroatoms. The molecule has 2 amide bonds. The van der Waals surface area contributed by atoms with Crippen molar-refractivity contribution in [3.63, 3.8) is 0 Å². The fourth-order valence-electron chi connectivity index (χ4n) is 1.35. The molecule has 7 nitrogen and oxygen atoms in total. The van der Waals surface area contributed by atoms with Gasteiger partial charge in [-0.1, -0.05) is 6.92 Å². The summed E-state index contributed by atoms with van der Waals surface area (Å²) in [5, 5.41) is 13.6. The summed E-state index contributed by atoms with van der Waals surface area (Å²) < 4.78 is 4.80. The summed E-state index contributed by atoms with van der Waals surface area (Å²) >= 11 is 0. The monoisotopic (exact) mass is 274 g/mol. The van der Waals surface area contributed by atoms with Crippen LogP contribution in [0.15, 0.2) is 0 Å². The van der Waals surface area contributed by atoms with Crippen molar-refractivity contribution in [1.82, 2.24) is 10.6 Å². The molecule has 0 aliphatic rings. The third-order valence-electron chi connectivity index (χ3n) is 2.28. The first kappa shape index (κ1) is 17.2. The number of ether oxygens (including phenoxy) is 1. The van der Waals surface area contributed by atoms with Crippen LogP contribution >= 0.6 is 0 Å². The topological polar surface area (TPSA) is 105 Å². The van der Waals surface area contributed by atoms with Gasteiger partial charge in [0, 0.05) is 25.9 Å². The van der Waals surface area contributed by atoms with Gasteiger partial charge in [0.05, 0.1) is 6.61 Å². The van der Waals surface area contributed by atoms with E-state index in [4.69, 9.17) is 9.84 Å². The molecule has 110 valence electrons. The molecule has 0 heterocycles. The van der Waals surface area contributed by atoms with Crippen molar-refractivity contribution in [3.05, 3.63) is 0 Å². The van der Waals surface area contributed by atoms with Crippen LogP contribution in [0.25, 0.3) is 0 Å². The lowest BCUT2D eigenvalue weighted by Gasteiger charge is -2.12. The number of amides is 2. The summed E-state index contributed by atoms with van der Waals surface area (Å²) in [5.41, 5.74) is 0. The Bertz CT molecular complexity index is 306. The van der Waals surface area contributed by atoms with Crippen molar-refractivity contribution in [3.8, 4) is 0 Å². The summed E-state index contributed by atoms with van der Waals surface area (Å²) in [5.74, 6) is -1.17. The highest BCUT2D eigenvalue weighted by Gasteiger charge is 2.11. The van der Waals surface area contributed by atoms with Gasteiger partial charge in [-0.25, -0.2) is 4.79 Å².